The van der Waals surface area contributed by atoms with Crippen molar-refractivity contribution in [3.05, 3.63) is 22.4 Å². The third kappa shape index (κ3) is 2.33. The number of aromatic nitrogens is 2. The van der Waals surface area contributed by atoms with Gasteiger partial charge in [0, 0.05) is 5.39 Å². The Morgan fingerprint density at radius 1 is 1.62 bits per heavy atom. The van der Waals surface area contributed by atoms with Crippen LogP contribution in [-0.2, 0) is 11.3 Å². The Kier molecular flexibility index (Phi) is 3.39. The van der Waals surface area contributed by atoms with Gasteiger partial charge in [-0.1, -0.05) is 17.5 Å². The number of nitrogens with zero attached hydrogens (tertiary/aromatic N) is 2. The second-order valence-electron chi connectivity index (χ2n) is 3.19. The number of ether oxygens (including phenoxy) is 1. The second kappa shape index (κ2) is 4.79. The summed E-state index contributed by atoms with van der Waals surface area (Å²) in [6, 6.07) is 1.90. The fourth-order valence-corrected chi connectivity index (χ4v) is 2.26. The summed E-state index contributed by atoms with van der Waals surface area (Å²) in [6.07, 6.45) is 4.95. The molecule has 5 heteroatoms. The molecule has 0 amide bonds. The van der Waals surface area contributed by atoms with Crippen molar-refractivity contribution in [2.75, 3.05) is 0 Å². The van der Waals surface area contributed by atoms with E-state index in [2.05, 4.69) is 15.9 Å². The van der Waals surface area contributed by atoms with Crippen LogP contribution in [0.3, 0.4) is 0 Å². The topological polar surface area (TPSA) is 35.0 Å². The molecule has 1 unspecified atom stereocenters. The van der Waals surface area contributed by atoms with Crippen LogP contribution in [0, 0.1) is 12.3 Å². The summed E-state index contributed by atoms with van der Waals surface area (Å²) >= 11 is 7.54. The molecule has 0 aliphatic heterocycles. The Bertz CT molecular complexity index is 546. The lowest BCUT2D eigenvalue weighted by Crippen LogP contribution is -2.07. The van der Waals surface area contributed by atoms with Gasteiger partial charge < -0.3 is 4.74 Å². The molecular weight excluding hydrogens is 244 g/mol. The molecule has 2 aromatic rings. The Balaban J connectivity index is 2.22. The summed E-state index contributed by atoms with van der Waals surface area (Å²) in [5, 5.41) is 3.26. The van der Waals surface area contributed by atoms with Crippen LogP contribution in [0.2, 0.25) is 5.15 Å². The van der Waals surface area contributed by atoms with Gasteiger partial charge in [0.2, 0.25) is 0 Å². The Labute approximate surface area is 102 Å². The van der Waals surface area contributed by atoms with E-state index < -0.39 is 0 Å². The fourth-order valence-electron chi connectivity index (χ4n) is 1.17. The molecule has 0 aromatic carbocycles. The standard InChI is InChI=1S/C11H9ClN2OS/c1-3-7(2)15-6-9-13-10(12)8-4-5-16-11(8)14-9/h1,4-5,7H,6H2,2H3. The van der Waals surface area contributed by atoms with Crippen LogP contribution in [0.25, 0.3) is 10.2 Å². The van der Waals surface area contributed by atoms with Gasteiger partial charge in [-0.3, -0.25) is 0 Å². The molecule has 0 radical (unpaired) electrons. The molecule has 0 saturated carbocycles. The Hall–Kier alpha value is -1.15. The molecule has 0 bridgehead atoms. The maximum atomic E-state index is 6.01. The van der Waals surface area contributed by atoms with E-state index in [9.17, 15) is 0 Å². The van der Waals surface area contributed by atoms with E-state index in [1.807, 2.05) is 11.4 Å². The van der Waals surface area contributed by atoms with Gasteiger partial charge in [-0.25, -0.2) is 9.97 Å². The molecule has 0 fully saturated rings. The molecule has 1 atom stereocenters. The van der Waals surface area contributed by atoms with Crippen LogP contribution in [0.5, 0.6) is 0 Å². The highest BCUT2D eigenvalue weighted by atomic mass is 35.5. The number of rotatable bonds is 3. The van der Waals surface area contributed by atoms with Crippen molar-refractivity contribution in [2.45, 2.75) is 19.6 Å². The van der Waals surface area contributed by atoms with Crippen molar-refractivity contribution in [1.82, 2.24) is 9.97 Å². The highest BCUT2D eigenvalue weighted by Gasteiger charge is 2.07. The maximum absolute atomic E-state index is 6.01. The first kappa shape index (κ1) is 11.3. The van der Waals surface area contributed by atoms with Crippen LogP contribution >= 0.6 is 22.9 Å². The lowest BCUT2D eigenvalue weighted by Gasteiger charge is -2.05. The molecule has 2 aromatic heterocycles. The van der Waals surface area contributed by atoms with Crippen molar-refractivity contribution >= 4 is 33.2 Å². The van der Waals surface area contributed by atoms with E-state index >= 15 is 0 Å². The van der Waals surface area contributed by atoms with Crippen LogP contribution in [-0.4, -0.2) is 16.1 Å². The summed E-state index contributed by atoms with van der Waals surface area (Å²) in [7, 11) is 0. The SMILES string of the molecule is C#CC(C)OCc1nc(Cl)c2ccsc2n1. The minimum Gasteiger partial charge on any atom is -0.358 e. The molecule has 2 heterocycles. The van der Waals surface area contributed by atoms with Gasteiger partial charge in [-0.05, 0) is 18.4 Å². The Morgan fingerprint density at radius 3 is 3.19 bits per heavy atom. The largest absolute Gasteiger partial charge is 0.358 e. The molecule has 0 spiro atoms. The van der Waals surface area contributed by atoms with Crippen LogP contribution in [0.4, 0.5) is 0 Å². The van der Waals surface area contributed by atoms with E-state index in [1.54, 1.807) is 6.92 Å². The summed E-state index contributed by atoms with van der Waals surface area (Å²) < 4.78 is 5.34. The first-order valence-corrected chi connectivity index (χ1v) is 5.94. The zero-order chi connectivity index (χ0) is 11.5. The lowest BCUT2D eigenvalue weighted by atomic mass is 10.4. The lowest BCUT2D eigenvalue weighted by molar-refractivity contribution is 0.0855. The summed E-state index contributed by atoms with van der Waals surface area (Å²) in [6.45, 7) is 2.07. The number of hydrogen-bond donors (Lipinski definition) is 0. The van der Waals surface area contributed by atoms with E-state index in [1.165, 1.54) is 11.3 Å². The third-order valence-corrected chi connectivity index (χ3v) is 3.12. The molecule has 0 saturated heterocycles. The van der Waals surface area contributed by atoms with Gasteiger partial charge in [-0.15, -0.1) is 17.8 Å². The molecule has 3 nitrogen and oxygen atoms in total. The van der Waals surface area contributed by atoms with E-state index in [0.29, 0.717) is 11.0 Å². The van der Waals surface area contributed by atoms with Gasteiger partial charge in [-0.2, -0.15) is 0 Å². The predicted octanol–water partition coefficient (Wildman–Crippen LogP) is 2.88. The minimum absolute atomic E-state index is 0.249. The highest BCUT2D eigenvalue weighted by Crippen LogP contribution is 2.24. The van der Waals surface area contributed by atoms with Gasteiger partial charge in [0.15, 0.2) is 5.82 Å². The van der Waals surface area contributed by atoms with Crippen molar-refractivity contribution in [3.63, 3.8) is 0 Å². The van der Waals surface area contributed by atoms with Crippen LogP contribution < -0.4 is 0 Å². The first-order chi connectivity index (χ1) is 7.70. The van der Waals surface area contributed by atoms with Crippen LogP contribution in [0.15, 0.2) is 11.4 Å². The monoisotopic (exact) mass is 252 g/mol. The third-order valence-electron chi connectivity index (χ3n) is 2.02. The van der Waals surface area contributed by atoms with Gasteiger partial charge in [0.25, 0.3) is 0 Å². The average molecular weight is 253 g/mol. The van der Waals surface area contributed by atoms with Crippen molar-refractivity contribution in [2.24, 2.45) is 0 Å². The molecule has 0 aliphatic rings. The van der Waals surface area contributed by atoms with Crippen molar-refractivity contribution in [3.8, 4) is 12.3 Å². The maximum Gasteiger partial charge on any atom is 0.157 e. The summed E-state index contributed by atoms with van der Waals surface area (Å²) in [5.41, 5.74) is 0. The van der Waals surface area contributed by atoms with Gasteiger partial charge in [0.1, 0.15) is 22.7 Å². The molecule has 82 valence electrons. The second-order valence-corrected chi connectivity index (χ2v) is 4.44. The number of thiophene rings is 1. The smallest absolute Gasteiger partial charge is 0.157 e. The minimum atomic E-state index is -0.249. The first-order valence-electron chi connectivity index (χ1n) is 4.68. The molecule has 0 aliphatic carbocycles. The quantitative estimate of drug-likeness (QED) is 0.622. The van der Waals surface area contributed by atoms with Gasteiger partial charge in [0.05, 0.1) is 0 Å². The fraction of sp³-hybridized carbons (Fsp3) is 0.273. The zero-order valence-electron chi connectivity index (χ0n) is 8.61. The molecular formula is C11H9ClN2OS. The predicted molar refractivity (Wildman–Crippen MR) is 65.5 cm³/mol. The van der Waals surface area contributed by atoms with E-state index in [0.717, 1.165) is 10.2 Å². The van der Waals surface area contributed by atoms with E-state index in [4.69, 9.17) is 22.8 Å². The number of hydrogen-bond acceptors (Lipinski definition) is 4. The van der Waals surface area contributed by atoms with Crippen molar-refractivity contribution in [1.29, 1.82) is 0 Å². The highest BCUT2D eigenvalue weighted by molar-refractivity contribution is 7.16. The zero-order valence-corrected chi connectivity index (χ0v) is 10.2. The van der Waals surface area contributed by atoms with Gasteiger partial charge >= 0.3 is 0 Å². The molecule has 2 rings (SSSR count). The number of fused-ring (bicyclic) bond motifs is 1. The summed E-state index contributed by atoms with van der Waals surface area (Å²) in [4.78, 5) is 9.35. The molecule has 16 heavy (non-hydrogen) atoms. The normalized spacial score (nSPS) is 12.6. The number of halogens is 1. The van der Waals surface area contributed by atoms with E-state index in [-0.39, 0.29) is 12.7 Å². The number of terminal acetylenes is 1. The summed E-state index contributed by atoms with van der Waals surface area (Å²) in [5.74, 6) is 3.03. The molecule has 0 N–H and O–H groups in total. The Morgan fingerprint density at radius 2 is 2.44 bits per heavy atom. The van der Waals surface area contributed by atoms with Crippen LogP contribution in [0.1, 0.15) is 12.7 Å². The van der Waals surface area contributed by atoms with Crippen molar-refractivity contribution < 1.29 is 4.74 Å². The average Bonchev–Trinajstić information content (AvgIpc) is 2.74.